The summed E-state index contributed by atoms with van der Waals surface area (Å²) in [5.41, 5.74) is 0. The van der Waals surface area contributed by atoms with Crippen molar-refractivity contribution in [3.63, 3.8) is 0 Å². The molecule has 18 heteroatoms. The molecule has 0 aromatic heterocycles. The van der Waals surface area contributed by atoms with E-state index in [9.17, 15) is 43.5 Å². The van der Waals surface area contributed by atoms with Gasteiger partial charge in [0.05, 0.1) is 26.4 Å². The quantitative estimate of drug-likeness (QED) is 0.0146. The van der Waals surface area contributed by atoms with Crippen LogP contribution in [0.25, 0.3) is 0 Å². The lowest BCUT2D eigenvalue weighted by Crippen LogP contribution is -2.30. The third-order valence-electron chi connectivity index (χ3n) is 19.6. The van der Waals surface area contributed by atoms with Crippen molar-refractivity contribution in [3.8, 4) is 0 Å². The number of carbonyl (C=O) groups is 3. The lowest BCUT2D eigenvalue weighted by Gasteiger charge is -2.21. The molecule has 5 unspecified atom stereocenters. The Morgan fingerprint density at radius 2 is 0.420 bits per heavy atom. The molecule has 680 valence electrons. The number of aliphatic hydroxyl groups excluding tert-OH is 2. The van der Waals surface area contributed by atoms with Crippen LogP contribution in [-0.2, 0) is 55.8 Å². The highest BCUT2D eigenvalue weighted by atomic mass is 31.2. The average molecular weight is 1700 g/mol. The van der Waals surface area contributed by atoms with Gasteiger partial charge in [-0.15, -0.1) is 0 Å². The number of esters is 3. The molecule has 16 nitrogen and oxygen atoms in total. The van der Waals surface area contributed by atoms with E-state index in [4.69, 9.17) is 32.3 Å². The van der Waals surface area contributed by atoms with Crippen molar-refractivity contribution in [2.24, 2.45) is 0 Å². The first kappa shape index (κ1) is 114. The highest BCUT2D eigenvalue weighted by molar-refractivity contribution is 7.47. The fraction of sp³-hybridized carbons (Fsp3) is 0.673. The third-order valence-corrected chi connectivity index (χ3v) is 21.5. The molecule has 0 aliphatic rings. The Labute approximate surface area is 725 Å². The van der Waals surface area contributed by atoms with Crippen LogP contribution in [0.3, 0.4) is 0 Å². The summed E-state index contributed by atoms with van der Waals surface area (Å²) in [5.74, 6) is -1.59. The van der Waals surface area contributed by atoms with Gasteiger partial charge in [0.25, 0.3) is 0 Å². The predicted molar refractivity (Wildman–Crippen MR) is 500 cm³/mol. The predicted octanol–water partition coefficient (Wildman–Crippen LogP) is 29.2. The van der Waals surface area contributed by atoms with Crippen LogP contribution >= 0.6 is 15.6 Å². The molecule has 0 bridgehead atoms. The van der Waals surface area contributed by atoms with E-state index in [1.165, 1.54) is 141 Å². The maximum absolute atomic E-state index is 13.1. The minimum absolute atomic E-state index is 0.0777. The zero-order valence-corrected chi connectivity index (χ0v) is 76.8. The third kappa shape index (κ3) is 93.2. The molecule has 0 spiro atoms. The van der Waals surface area contributed by atoms with E-state index in [0.717, 1.165) is 180 Å². The first-order valence-electron chi connectivity index (χ1n) is 47.1. The Morgan fingerprint density at radius 1 is 0.235 bits per heavy atom. The fourth-order valence-electron chi connectivity index (χ4n) is 12.6. The number of aliphatic hydroxyl groups is 2. The summed E-state index contributed by atoms with van der Waals surface area (Å²) in [6.07, 6.45) is 121. The van der Waals surface area contributed by atoms with Crippen molar-refractivity contribution in [3.05, 3.63) is 182 Å². The van der Waals surface area contributed by atoms with Crippen LogP contribution in [0.2, 0.25) is 0 Å². The smallest absolute Gasteiger partial charge is 0.463 e. The Kier molecular flexibility index (Phi) is 87.7. The molecule has 0 radical (unpaired) electrons. The summed E-state index contributed by atoms with van der Waals surface area (Å²) in [7, 11) is -9.82. The van der Waals surface area contributed by atoms with E-state index >= 15 is 0 Å². The molecular formula is C101H170O16P2. The first-order chi connectivity index (χ1) is 58.2. The van der Waals surface area contributed by atoms with Crippen LogP contribution in [0.1, 0.15) is 380 Å². The molecule has 0 aromatic rings. The number of unbranched alkanes of at least 4 members (excludes halogenated alkanes) is 35. The zero-order chi connectivity index (χ0) is 86.5. The van der Waals surface area contributed by atoms with Crippen molar-refractivity contribution in [1.29, 1.82) is 0 Å². The number of ether oxygens (including phenoxy) is 3. The van der Waals surface area contributed by atoms with Crippen LogP contribution in [-0.4, -0.2) is 95.9 Å². The SMILES string of the molecule is CC/C=C\C/C=C\C/C=C\C/C=C\C/C=C\CCCCCCCCCCCCCCCCCCCC(=O)OCC(O)COP(=O)(O)OCC(O)COP(=O)(O)OCC(COC(=O)CCCCCCCCCCCCCCC/C=C\C/C=C\C/C=C\C/C=C\C/C=C\CC)OC(=O)CCCCCCC/C=C\C/C=C\C/C=C\C/C=C\C/C=C\CC. The molecular weight excluding hydrogens is 1530 g/mol. The molecule has 0 aliphatic heterocycles. The standard InChI is InChI=1S/C101H170O16P2/c1-4-7-10-13-16-19-22-25-28-31-34-37-39-41-43-45-46-47-48-50-52-53-55-58-60-63-66-69-72-75-78-81-84-87-99(104)111-90-96(102)91-113-118(107,108)114-92-97(103)93-115-119(109,110)116-95-98(117-101(106)89-86-83-80-77-74-71-68-65-62-57-36-33-30-27-24-21-18-15-12-9-6-3)94-112-100(105)88-85-82-79-76-73-70-67-64-61-59-56-54-51-49-44-42-40-38-35-32-29-26-23-20-17-14-11-8-5-2/h7-12,16-21,25-30,34-38,41-44,57,65,68,96-98,102-103H,4-6,13-15,22-24,31-33,39-40,45-56,58-64,66-67,69-95H2,1-3H3,(H,107,108)(H,109,110)/b10-7-,11-8-,12-9-,19-16-,20-17-,21-18-,28-25-,29-26-,30-27-,37-34-,38-35-,43-41-,44-42-,57-36-,68-65-. The van der Waals surface area contributed by atoms with Crippen molar-refractivity contribution < 1.29 is 75.8 Å². The molecule has 0 rings (SSSR count). The van der Waals surface area contributed by atoms with Crippen LogP contribution in [0.15, 0.2) is 182 Å². The number of phosphoric ester groups is 2. The summed E-state index contributed by atoms with van der Waals surface area (Å²) in [6, 6.07) is 0. The number of allylic oxidation sites excluding steroid dienone is 30. The molecule has 0 amide bonds. The molecule has 119 heavy (non-hydrogen) atoms. The van der Waals surface area contributed by atoms with E-state index in [0.29, 0.717) is 19.3 Å². The number of phosphoric acid groups is 2. The van der Waals surface area contributed by atoms with Crippen LogP contribution in [0, 0.1) is 0 Å². The molecule has 0 saturated heterocycles. The summed E-state index contributed by atoms with van der Waals surface area (Å²) in [6.45, 7) is 2.36. The van der Waals surface area contributed by atoms with E-state index in [1.54, 1.807) is 0 Å². The van der Waals surface area contributed by atoms with Crippen molar-refractivity contribution in [2.45, 2.75) is 399 Å². The normalized spacial score (nSPS) is 14.6. The minimum Gasteiger partial charge on any atom is -0.463 e. The highest BCUT2D eigenvalue weighted by Crippen LogP contribution is 2.45. The second-order valence-electron chi connectivity index (χ2n) is 31.0. The Morgan fingerprint density at radius 3 is 0.664 bits per heavy atom. The molecule has 0 aliphatic carbocycles. The molecule has 0 fully saturated rings. The van der Waals surface area contributed by atoms with Crippen LogP contribution in [0.4, 0.5) is 0 Å². The van der Waals surface area contributed by atoms with Gasteiger partial charge in [0, 0.05) is 19.3 Å². The largest absolute Gasteiger partial charge is 0.472 e. The number of carbonyl (C=O) groups excluding carboxylic acids is 3. The lowest BCUT2D eigenvalue weighted by molar-refractivity contribution is -0.161. The molecule has 0 heterocycles. The summed E-state index contributed by atoms with van der Waals surface area (Å²) < 4.78 is 61.5. The van der Waals surface area contributed by atoms with Crippen molar-refractivity contribution in [1.82, 2.24) is 0 Å². The molecule has 0 saturated carbocycles. The Bertz CT molecular complexity index is 2890. The molecule has 5 atom stereocenters. The maximum Gasteiger partial charge on any atom is 0.472 e. The first-order valence-corrected chi connectivity index (χ1v) is 50.1. The highest BCUT2D eigenvalue weighted by Gasteiger charge is 2.29. The monoisotopic (exact) mass is 1700 g/mol. The average Bonchev–Trinajstić information content (AvgIpc) is 0.902. The molecule has 0 aromatic carbocycles. The number of hydrogen-bond acceptors (Lipinski definition) is 14. The summed E-state index contributed by atoms with van der Waals surface area (Å²) in [5, 5.41) is 20.7. The van der Waals surface area contributed by atoms with E-state index in [2.05, 4.69) is 203 Å². The van der Waals surface area contributed by atoms with Crippen molar-refractivity contribution in [2.75, 3.05) is 39.6 Å². The van der Waals surface area contributed by atoms with Crippen LogP contribution in [0.5, 0.6) is 0 Å². The number of hydrogen-bond donors (Lipinski definition) is 4. The van der Waals surface area contributed by atoms with Gasteiger partial charge in [-0.25, -0.2) is 9.13 Å². The number of rotatable bonds is 88. The molecule has 4 N–H and O–H groups in total. The minimum atomic E-state index is -4.95. The summed E-state index contributed by atoms with van der Waals surface area (Å²) >= 11 is 0. The fourth-order valence-corrected chi connectivity index (χ4v) is 14.2. The van der Waals surface area contributed by atoms with Gasteiger partial charge in [0.1, 0.15) is 25.4 Å². The van der Waals surface area contributed by atoms with Gasteiger partial charge >= 0.3 is 33.6 Å². The van der Waals surface area contributed by atoms with Gasteiger partial charge < -0.3 is 34.2 Å². The second-order valence-corrected chi connectivity index (χ2v) is 33.9. The van der Waals surface area contributed by atoms with E-state index in [-0.39, 0.29) is 19.3 Å². The van der Waals surface area contributed by atoms with E-state index in [1.807, 2.05) is 0 Å². The van der Waals surface area contributed by atoms with Gasteiger partial charge in [-0.3, -0.25) is 32.5 Å². The maximum atomic E-state index is 13.1. The zero-order valence-electron chi connectivity index (χ0n) is 75.0. The van der Waals surface area contributed by atoms with Gasteiger partial charge in [-0.05, 0) is 154 Å². The van der Waals surface area contributed by atoms with Gasteiger partial charge in [-0.1, -0.05) is 389 Å². The van der Waals surface area contributed by atoms with Gasteiger partial charge in [0.15, 0.2) is 6.10 Å². The summed E-state index contributed by atoms with van der Waals surface area (Å²) in [4.78, 5) is 59.0. The van der Waals surface area contributed by atoms with Crippen LogP contribution < -0.4 is 0 Å². The second kappa shape index (κ2) is 91.8. The van der Waals surface area contributed by atoms with Gasteiger partial charge in [-0.2, -0.15) is 0 Å². The van der Waals surface area contributed by atoms with Crippen molar-refractivity contribution >= 4 is 33.6 Å². The topological polar surface area (TPSA) is 231 Å². The Hall–Kier alpha value is -5.35. The lowest BCUT2D eigenvalue weighted by atomic mass is 10.0. The Balaban J connectivity index is 4.57. The van der Waals surface area contributed by atoms with E-state index < -0.39 is 91.5 Å². The van der Waals surface area contributed by atoms with Gasteiger partial charge in [0.2, 0.25) is 0 Å².